The van der Waals surface area contributed by atoms with Crippen LogP contribution in [0.2, 0.25) is 5.02 Å². The van der Waals surface area contributed by atoms with Crippen LogP contribution in [-0.2, 0) is 0 Å². The number of ether oxygens (including phenoxy) is 2. The van der Waals surface area contributed by atoms with Gasteiger partial charge in [0, 0.05) is 6.07 Å². The molecule has 1 amide bonds. The van der Waals surface area contributed by atoms with E-state index in [0.29, 0.717) is 22.9 Å². The first-order valence-corrected chi connectivity index (χ1v) is 8.18. The Morgan fingerprint density at radius 1 is 1.11 bits per heavy atom. The summed E-state index contributed by atoms with van der Waals surface area (Å²) in [6, 6.07) is 12.2. The van der Waals surface area contributed by atoms with Crippen LogP contribution in [0, 0.1) is 5.82 Å². The third kappa shape index (κ3) is 4.45. The highest BCUT2D eigenvalue weighted by Crippen LogP contribution is 2.31. The van der Waals surface area contributed by atoms with E-state index < -0.39 is 11.7 Å². The number of methoxy groups -OCH3 is 1. The summed E-state index contributed by atoms with van der Waals surface area (Å²) >= 11 is 6.16. The van der Waals surface area contributed by atoms with Gasteiger partial charge in [0.25, 0.3) is 5.91 Å². The summed E-state index contributed by atoms with van der Waals surface area (Å²) in [6.45, 7) is 0. The minimum absolute atomic E-state index is 0.000465. The summed E-state index contributed by atoms with van der Waals surface area (Å²) < 4.78 is 24.2. The third-order valence-corrected chi connectivity index (χ3v) is 3.93. The van der Waals surface area contributed by atoms with Crippen molar-refractivity contribution in [2.75, 3.05) is 12.4 Å². The Morgan fingerprint density at radius 3 is 2.48 bits per heavy atom. The first-order valence-electron chi connectivity index (χ1n) is 7.80. The van der Waals surface area contributed by atoms with Crippen LogP contribution in [0.5, 0.6) is 17.4 Å². The average molecular weight is 388 g/mol. The maximum atomic E-state index is 13.4. The standard InChI is InChI=1S/C19H15ClFN3O3/c1-26-12-3-5-13(6-4-12)27-18-9-17(15(20)10-23-18)24-16-7-2-11(21)8-14(16)19(22)25/h2-10H,1H3,(H2,22,25)(H,23,24). The summed E-state index contributed by atoms with van der Waals surface area (Å²) in [5, 5.41) is 3.24. The number of primary amides is 1. The Bertz CT molecular complexity index is 980. The van der Waals surface area contributed by atoms with Gasteiger partial charge in [0.2, 0.25) is 5.88 Å². The lowest BCUT2D eigenvalue weighted by molar-refractivity contribution is 0.100. The Balaban J connectivity index is 1.86. The highest BCUT2D eigenvalue weighted by atomic mass is 35.5. The molecule has 3 rings (SSSR count). The molecule has 1 aromatic heterocycles. The molecular formula is C19H15ClFN3O3. The number of carbonyl (C=O) groups excluding carboxylic acids is 1. The lowest BCUT2D eigenvalue weighted by atomic mass is 10.1. The molecule has 0 aliphatic heterocycles. The molecule has 2 aromatic carbocycles. The summed E-state index contributed by atoms with van der Waals surface area (Å²) in [5.41, 5.74) is 6.04. The lowest BCUT2D eigenvalue weighted by Crippen LogP contribution is -2.13. The van der Waals surface area contributed by atoms with Gasteiger partial charge in [-0.05, 0) is 42.5 Å². The Hall–Kier alpha value is -3.32. The number of pyridine rings is 1. The minimum Gasteiger partial charge on any atom is -0.497 e. The van der Waals surface area contributed by atoms with Crippen LogP contribution >= 0.6 is 11.6 Å². The van der Waals surface area contributed by atoms with Crippen LogP contribution in [0.1, 0.15) is 10.4 Å². The Kier molecular flexibility index (Phi) is 5.42. The van der Waals surface area contributed by atoms with Crippen LogP contribution < -0.4 is 20.5 Å². The number of halogens is 2. The van der Waals surface area contributed by atoms with Crippen molar-refractivity contribution in [3.63, 3.8) is 0 Å². The van der Waals surface area contributed by atoms with Crippen molar-refractivity contribution in [2.45, 2.75) is 0 Å². The number of hydrogen-bond donors (Lipinski definition) is 2. The number of aromatic nitrogens is 1. The van der Waals surface area contributed by atoms with Gasteiger partial charge in [0.05, 0.1) is 35.3 Å². The summed E-state index contributed by atoms with van der Waals surface area (Å²) in [5.74, 6) is 0.186. The van der Waals surface area contributed by atoms with Gasteiger partial charge in [-0.1, -0.05) is 11.6 Å². The van der Waals surface area contributed by atoms with Gasteiger partial charge in [-0.3, -0.25) is 4.79 Å². The predicted octanol–water partition coefficient (Wildman–Crippen LogP) is 4.52. The second kappa shape index (κ2) is 7.92. The fraction of sp³-hybridized carbons (Fsp3) is 0.0526. The number of hydrogen-bond acceptors (Lipinski definition) is 5. The summed E-state index contributed by atoms with van der Waals surface area (Å²) in [7, 11) is 1.57. The van der Waals surface area contributed by atoms with Crippen molar-refractivity contribution in [1.82, 2.24) is 4.98 Å². The molecule has 3 aromatic rings. The highest BCUT2D eigenvalue weighted by molar-refractivity contribution is 6.33. The average Bonchev–Trinajstić information content (AvgIpc) is 2.66. The van der Waals surface area contributed by atoms with E-state index in [1.807, 2.05) is 0 Å². The fourth-order valence-corrected chi connectivity index (χ4v) is 2.46. The maximum absolute atomic E-state index is 13.4. The number of amides is 1. The smallest absolute Gasteiger partial charge is 0.250 e. The number of nitrogens with one attached hydrogen (secondary N) is 1. The van der Waals surface area contributed by atoms with E-state index in [2.05, 4.69) is 10.3 Å². The van der Waals surface area contributed by atoms with Gasteiger partial charge in [-0.25, -0.2) is 9.37 Å². The lowest BCUT2D eigenvalue weighted by Gasteiger charge is -2.13. The fourth-order valence-electron chi connectivity index (χ4n) is 2.31. The minimum atomic E-state index is -0.767. The zero-order valence-corrected chi connectivity index (χ0v) is 15.0. The van der Waals surface area contributed by atoms with E-state index in [-0.39, 0.29) is 16.5 Å². The number of carbonyl (C=O) groups is 1. The molecule has 0 atom stereocenters. The number of benzene rings is 2. The van der Waals surface area contributed by atoms with Crippen LogP contribution in [0.25, 0.3) is 0 Å². The molecule has 0 saturated carbocycles. The third-order valence-electron chi connectivity index (χ3n) is 3.63. The van der Waals surface area contributed by atoms with E-state index in [1.165, 1.54) is 18.3 Å². The number of nitrogens with zero attached hydrogens (tertiary/aromatic N) is 1. The van der Waals surface area contributed by atoms with Crippen molar-refractivity contribution in [1.29, 1.82) is 0 Å². The van der Waals surface area contributed by atoms with E-state index in [1.54, 1.807) is 37.4 Å². The van der Waals surface area contributed by atoms with Gasteiger partial charge >= 0.3 is 0 Å². The second-order valence-corrected chi connectivity index (χ2v) is 5.87. The normalized spacial score (nSPS) is 10.3. The van der Waals surface area contributed by atoms with Crippen molar-refractivity contribution in [3.05, 3.63) is 71.1 Å². The predicted molar refractivity (Wildman–Crippen MR) is 101 cm³/mol. The zero-order chi connectivity index (χ0) is 19.4. The van der Waals surface area contributed by atoms with Gasteiger partial charge in [-0.15, -0.1) is 0 Å². The van der Waals surface area contributed by atoms with E-state index in [0.717, 1.165) is 6.07 Å². The van der Waals surface area contributed by atoms with Crippen LogP contribution in [0.4, 0.5) is 15.8 Å². The molecule has 27 heavy (non-hydrogen) atoms. The molecule has 138 valence electrons. The van der Waals surface area contributed by atoms with Crippen molar-refractivity contribution in [2.24, 2.45) is 5.73 Å². The number of rotatable bonds is 6. The molecule has 3 N–H and O–H groups in total. The van der Waals surface area contributed by atoms with Crippen LogP contribution in [-0.4, -0.2) is 18.0 Å². The quantitative estimate of drug-likeness (QED) is 0.649. The molecule has 0 fully saturated rings. The zero-order valence-electron chi connectivity index (χ0n) is 14.2. The van der Waals surface area contributed by atoms with Crippen molar-refractivity contribution < 1.29 is 18.7 Å². The molecule has 0 bridgehead atoms. The van der Waals surface area contributed by atoms with E-state index in [4.69, 9.17) is 26.8 Å². The van der Waals surface area contributed by atoms with Crippen molar-refractivity contribution in [3.8, 4) is 17.4 Å². The Labute approximate surface area is 159 Å². The van der Waals surface area contributed by atoms with Crippen LogP contribution in [0.15, 0.2) is 54.7 Å². The van der Waals surface area contributed by atoms with Gasteiger partial charge in [0.15, 0.2) is 0 Å². The van der Waals surface area contributed by atoms with E-state index >= 15 is 0 Å². The summed E-state index contributed by atoms with van der Waals surface area (Å²) in [4.78, 5) is 15.7. The maximum Gasteiger partial charge on any atom is 0.250 e. The summed E-state index contributed by atoms with van der Waals surface area (Å²) in [6.07, 6.45) is 1.40. The molecule has 8 heteroatoms. The molecule has 0 spiro atoms. The molecule has 6 nitrogen and oxygen atoms in total. The molecule has 0 unspecified atom stereocenters. The highest BCUT2D eigenvalue weighted by Gasteiger charge is 2.12. The van der Waals surface area contributed by atoms with Gasteiger partial charge in [0.1, 0.15) is 17.3 Å². The molecule has 0 aliphatic carbocycles. The SMILES string of the molecule is COc1ccc(Oc2cc(Nc3ccc(F)cc3C(N)=O)c(Cl)cn2)cc1. The molecule has 1 heterocycles. The Morgan fingerprint density at radius 2 is 1.81 bits per heavy atom. The van der Waals surface area contributed by atoms with Gasteiger partial charge in [-0.2, -0.15) is 0 Å². The molecule has 0 saturated heterocycles. The van der Waals surface area contributed by atoms with E-state index in [9.17, 15) is 9.18 Å². The molecule has 0 aliphatic rings. The van der Waals surface area contributed by atoms with Crippen molar-refractivity contribution >= 4 is 28.9 Å². The van der Waals surface area contributed by atoms with Gasteiger partial charge < -0.3 is 20.5 Å². The first kappa shape index (κ1) is 18.5. The second-order valence-electron chi connectivity index (χ2n) is 5.46. The molecular weight excluding hydrogens is 373 g/mol. The first-order chi connectivity index (χ1) is 13.0. The number of nitrogens with two attached hydrogens (primary N) is 1. The van der Waals surface area contributed by atoms with Crippen LogP contribution in [0.3, 0.4) is 0 Å². The number of anilines is 2. The molecule has 0 radical (unpaired) electrons. The monoisotopic (exact) mass is 387 g/mol. The largest absolute Gasteiger partial charge is 0.497 e. The topological polar surface area (TPSA) is 86.5 Å².